The highest BCUT2D eigenvalue weighted by Crippen LogP contribution is 2.09. The Labute approximate surface area is 299 Å². The van der Waals surface area contributed by atoms with Gasteiger partial charge in [0, 0.05) is 36.2 Å². The molecule has 0 amide bonds. The fraction of sp³-hybridized carbons (Fsp3) is 0.545. The predicted octanol–water partition coefficient (Wildman–Crippen LogP) is 12.9. The molecule has 3 heterocycles. The molecule has 0 unspecified atom stereocenters. The van der Waals surface area contributed by atoms with E-state index >= 15 is 0 Å². The summed E-state index contributed by atoms with van der Waals surface area (Å²) < 4.78 is 0. The minimum absolute atomic E-state index is 1.01. The molecule has 0 aliphatic carbocycles. The van der Waals surface area contributed by atoms with Crippen LogP contribution in [0, 0.1) is 0 Å². The van der Waals surface area contributed by atoms with Crippen LogP contribution in [0.2, 0.25) is 0 Å². The number of aromatic nitrogens is 4. The third-order valence-corrected chi connectivity index (χ3v) is 6.94. The first-order chi connectivity index (χ1) is 23.5. The maximum Gasteiger partial charge on any atom is 0.115 e. The normalized spacial score (nSPS) is 8.67. The van der Waals surface area contributed by atoms with Gasteiger partial charge in [0.15, 0.2) is 0 Å². The number of hydrogen-bond donors (Lipinski definition) is 0. The summed E-state index contributed by atoms with van der Waals surface area (Å²) in [6, 6.07) is 14.9. The molecule has 0 bridgehead atoms. The Balaban J connectivity index is -0.000000251. The summed E-state index contributed by atoms with van der Waals surface area (Å²) in [5.74, 6) is 0. The number of benzene rings is 1. The summed E-state index contributed by atoms with van der Waals surface area (Å²) in [4.78, 5) is 16.4. The highest BCUT2D eigenvalue weighted by Gasteiger charge is 1.98. The topological polar surface area (TPSA) is 51.6 Å². The molecule has 0 spiro atoms. The van der Waals surface area contributed by atoms with Crippen molar-refractivity contribution in [1.29, 1.82) is 0 Å². The van der Waals surface area contributed by atoms with Crippen LogP contribution < -0.4 is 0 Å². The molecule has 0 aliphatic heterocycles. The fourth-order valence-corrected chi connectivity index (χ4v) is 4.48. The molecule has 4 rings (SSSR count). The maximum absolute atomic E-state index is 4.27. The standard InChI is InChI=1S/C10H14.2C9H13N.C8H12N2.4C2H6/c1-3-9-7-5-6-8-10(9)4-2;1-3-8-5-6-10-7-9(8)4-2;1-3-8-6-5-7-10-9(8)4-2;1-3-7-5-9-6-10-8(7)4-2;4*1-2/h5-8H,3-4H2,1-2H3;2*5-7H,3-4H2,1-2H3;5-6H,3-4H2,1-2H3;4*1-2H3. The highest BCUT2D eigenvalue weighted by molar-refractivity contribution is 5.26. The molecular formula is C44H76N4. The zero-order chi connectivity index (χ0) is 37.6. The van der Waals surface area contributed by atoms with Crippen molar-refractivity contribution in [3.05, 3.63) is 118 Å². The average molecular weight is 661 g/mol. The Morgan fingerprint density at radius 1 is 0.354 bits per heavy atom. The van der Waals surface area contributed by atoms with E-state index in [2.05, 4.69) is 112 Å². The first-order valence-corrected chi connectivity index (χ1v) is 19.2. The third kappa shape index (κ3) is 23.0. The monoisotopic (exact) mass is 661 g/mol. The Morgan fingerprint density at radius 2 is 0.750 bits per heavy atom. The van der Waals surface area contributed by atoms with Crippen molar-refractivity contribution in [1.82, 2.24) is 19.9 Å². The van der Waals surface area contributed by atoms with Gasteiger partial charge in [0.1, 0.15) is 6.33 Å². The fourth-order valence-electron chi connectivity index (χ4n) is 4.48. The molecule has 0 N–H and O–H groups in total. The molecule has 4 heteroatoms. The summed E-state index contributed by atoms with van der Waals surface area (Å²) in [5.41, 5.74) is 10.9. The van der Waals surface area contributed by atoms with Crippen LogP contribution in [0.1, 0.15) is 156 Å². The lowest BCUT2D eigenvalue weighted by molar-refractivity contribution is 0.930. The van der Waals surface area contributed by atoms with Crippen LogP contribution in [0.5, 0.6) is 0 Å². The van der Waals surface area contributed by atoms with Gasteiger partial charge in [0.25, 0.3) is 0 Å². The van der Waals surface area contributed by atoms with E-state index in [1.165, 1.54) is 44.8 Å². The van der Waals surface area contributed by atoms with Gasteiger partial charge in [-0.3, -0.25) is 9.97 Å². The van der Waals surface area contributed by atoms with Crippen molar-refractivity contribution >= 4 is 0 Å². The molecule has 0 atom stereocenters. The van der Waals surface area contributed by atoms with Gasteiger partial charge in [0.2, 0.25) is 0 Å². The zero-order valence-electron chi connectivity index (χ0n) is 34.4. The van der Waals surface area contributed by atoms with Crippen LogP contribution in [-0.4, -0.2) is 19.9 Å². The van der Waals surface area contributed by atoms with Crippen LogP contribution in [0.25, 0.3) is 0 Å². The Bertz CT molecular complexity index is 922. The molecule has 0 saturated carbocycles. The van der Waals surface area contributed by atoms with E-state index < -0.39 is 0 Å². The summed E-state index contributed by atoms with van der Waals surface area (Å²) in [6.07, 6.45) is 17.9. The van der Waals surface area contributed by atoms with Gasteiger partial charge in [-0.15, -0.1) is 0 Å². The molecule has 4 aromatic rings. The Morgan fingerprint density at radius 3 is 1.12 bits per heavy atom. The molecule has 1 aromatic carbocycles. The van der Waals surface area contributed by atoms with Crippen LogP contribution in [-0.2, 0) is 51.4 Å². The molecule has 0 radical (unpaired) electrons. The highest BCUT2D eigenvalue weighted by atomic mass is 14.8. The van der Waals surface area contributed by atoms with Crippen molar-refractivity contribution in [2.75, 3.05) is 0 Å². The van der Waals surface area contributed by atoms with E-state index in [4.69, 9.17) is 0 Å². The maximum atomic E-state index is 4.27. The number of hydrogen-bond acceptors (Lipinski definition) is 4. The average Bonchev–Trinajstić information content (AvgIpc) is 3.21. The van der Waals surface area contributed by atoms with E-state index in [9.17, 15) is 0 Å². The summed E-state index contributed by atoms with van der Waals surface area (Å²) in [7, 11) is 0. The number of aryl methyl sites for hydroxylation is 8. The van der Waals surface area contributed by atoms with Crippen LogP contribution in [0.15, 0.2) is 73.6 Å². The lowest BCUT2D eigenvalue weighted by atomic mass is 10.0. The largest absolute Gasteiger partial charge is 0.264 e. The number of pyridine rings is 2. The van der Waals surface area contributed by atoms with Gasteiger partial charge >= 0.3 is 0 Å². The molecule has 4 nitrogen and oxygen atoms in total. The summed E-state index contributed by atoms with van der Waals surface area (Å²) >= 11 is 0. The first kappa shape index (κ1) is 51.4. The minimum atomic E-state index is 1.01. The van der Waals surface area contributed by atoms with Gasteiger partial charge in [0.05, 0.1) is 0 Å². The molecule has 0 fully saturated rings. The Kier molecular flexibility index (Phi) is 42.6. The lowest BCUT2D eigenvalue weighted by Gasteiger charge is -2.02. The number of nitrogens with zero attached hydrogens (tertiary/aromatic N) is 4. The molecule has 0 aliphatic rings. The van der Waals surface area contributed by atoms with Gasteiger partial charge in [-0.2, -0.15) is 0 Å². The lowest BCUT2D eigenvalue weighted by Crippen LogP contribution is -1.95. The van der Waals surface area contributed by atoms with Crippen LogP contribution >= 0.6 is 0 Å². The van der Waals surface area contributed by atoms with E-state index in [1.807, 2.05) is 86.2 Å². The van der Waals surface area contributed by atoms with Gasteiger partial charge < -0.3 is 0 Å². The summed E-state index contributed by atoms with van der Waals surface area (Å²) in [5, 5.41) is 0. The van der Waals surface area contributed by atoms with Gasteiger partial charge in [-0.25, -0.2) is 9.97 Å². The van der Waals surface area contributed by atoms with E-state index in [0.717, 1.165) is 51.4 Å². The molecule has 3 aromatic heterocycles. The number of rotatable bonds is 8. The van der Waals surface area contributed by atoms with Crippen molar-refractivity contribution in [3.63, 3.8) is 0 Å². The van der Waals surface area contributed by atoms with Crippen LogP contribution in [0.3, 0.4) is 0 Å². The third-order valence-electron chi connectivity index (χ3n) is 6.94. The minimum Gasteiger partial charge on any atom is -0.264 e. The molecule has 272 valence electrons. The van der Waals surface area contributed by atoms with Gasteiger partial charge in [-0.05, 0) is 96.9 Å². The van der Waals surface area contributed by atoms with Crippen LogP contribution in [0.4, 0.5) is 0 Å². The van der Waals surface area contributed by atoms with Crippen molar-refractivity contribution in [2.24, 2.45) is 0 Å². The predicted molar refractivity (Wildman–Crippen MR) is 217 cm³/mol. The summed E-state index contributed by atoms with van der Waals surface area (Å²) in [6.45, 7) is 33.3. The molecule has 0 saturated heterocycles. The molecule has 48 heavy (non-hydrogen) atoms. The van der Waals surface area contributed by atoms with E-state index in [0.29, 0.717) is 0 Å². The zero-order valence-corrected chi connectivity index (χ0v) is 34.4. The van der Waals surface area contributed by atoms with Gasteiger partial charge in [-0.1, -0.05) is 141 Å². The quantitative estimate of drug-likeness (QED) is 0.189. The van der Waals surface area contributed by atoms with E-state index in [1.54, 1.807) is 6.33 Å². The SMILES string of the molecule is CC.CC.CC.CC.CCc1ccccc1CC.CCc1cccnc1CC.CCc1ccncc1CC.CCc1cncnc1CC. The van der Waals surface area contributed by atoms with Crippen molar-refractivity contribution in [2.45, 2.75) is 162 Å². The van der Waals surface area contributed by atoms with Crippen molar-refractivity contribution in [3.8, 4) is 0 Å². The second-order valence-electron chi connectivity index (χ2n) is 9.35. The second-order valence-corrected chi connectivity index (χ2v) is 9.35. The Hall–Kier alpha value is -3.40. The smallest absolute Gasteiger partial charge is 0.115 e. The van der Waals surface area contributed by atoms with Crippen molar-refractivity contribution < 1.29 is 0 Å². The first-order valence-electron chi connectivity index (χ1n) is 19.2. The molecular weight excluding hydrogens is 585 g/mol. The van der Waals surface area contributed by atoms with E-state index in [-0.39, 0.29) is 0 Å². The second kappa shape index (κ2) is 39.8.